The van der Waals surface area contributed by atoms with E-state index < -0.39 is 0 Å². The van der Waals surface area contributed by atoms with Gasteiger partial charge in [0.05, 0.1) is 29.5 Å². The lowest BCUT2D eigenvalue weighted by Gasteiger charge is -2.14. The third-order valence-electron chi connectivity index (χ3n) is 3.40. The molecule has 26 heavy (non-hydrogen) atoms. The number of rotatable bonds is 9. The van der Waals surface area contributed by atoms with Crippen LogP contribution in [-0.4, -0.2) is 19.4 Å². The van der Waals surface area contributed by atoms with Crippen LogP contribution in [0.4, 0.5) is 0 Å². The summed E-state index contributed by atoms with van der Waals surface area (Å²) in [5.74, 6) is 1.51. The number of benzene rings is 2. The first kappa shape index (κ1) is 21.1. The third-order valence-corrected chi connectivity index (χ3v) is 4.91. The molecule has 0 heterocycles. The minimum atomic E-state index is 0.447. The Kier molecular flexibility index (Phi) is 8.81. The van der Waals surface area contributed by atoms with Gasteiger partial charge in [-0.25, -0.2) is 0 Å². The van der Waals surface area contributed by atoms with Gasteiger partial charge in [-0.05, 0) is 65.8 Å². The fraction of sp³-hybridized carbons (Fsp3) is 0.316. The maximum atomic E-state index is 6.15. The average molecular weight is 507 g/mol. The summed E-state index contributed by atoms with van der Waals surface area (Å²) >= 11 is 14.6. The Labute approximate surface area is 178 Å². The smallest absolute Gasteiger partial charge is 0.174 e. The van der Waals surface area contributed by atoms with E-state index in [1.54, 1.807) is 18.3 Å². The molecule has 0 bridgehead atoms. The van der Waals surface area contributed by atoms with Crippen molar-refractivity contribution in [2.45, 2.75) is 26.8 Å². The van der Waals surface area contributed by atoms with Gasteiger partial charge in [-0.15, -0.1) is 0 Å². The van der Waals surface area contributed by atoms with Crippen molar-refractivity contribution in [3.05, 3.63) is 55.1 Å². The van der Waals surface area contributed by atoms with E-state index in [9.17, 15) is 0 Å². The summed E-state index contributed by atoms with van der Waals surface area (Å²) < 4.78 is 12.5. The Morgan fingerprint density at radius 2 is 1.88 bits per heavy atom. The Bertz CT molecular complexity index is 749. The van der Waals surface area contributed by atoms with Crippen molar-refractivity contribution < 1.29 is 9.47 Å². The van der Waals surface area contributed by atoms with Crippen molar-refractivity contribution in [1.29, 1.82) is 0 Å². The molecule has 0 aliphatic rings. The molecular formula is C19H21Cl2IN2O2. The average Bonchev–Trinajstić information content (AvgIpc) is 2.60. The van der Waals surface area contributed by atoms with E-state index in [-0.39, 0.29) is 0 Å². The SMILES string of the molecule is CCCOc1c(I)cc(/C=N/NCc2c(Cl)cccc2Cl)cc1OCC. The number of nitrogens with zero attached hydrogens (tertiary/aromatic N) is 1. The van der Waals surface area contributed by atoms with Crippen LogP contribution in [0.15, 0.2) is 35.4 Å². The molecule has 0 saturated heterocycles. The molecule has 0 aromatic heterocycles. The van der Waals surface area contributed by atoms with E-state index >= 15 is 0 Å². The van der Waals surface area contributed by atoms with Gasteiger partial charge in [-0.1, -0.05) is 36.2 Å². The second-order valence-corrected chi connectivity index (χ2v) is 7.38. The molecule has 0 unspecified atom stereocenters. The van der Waals surface area contributed by atoms with Crippen LogP contribution in [-0.2, 0) is 6.54 Å². The summed E-state index contributed by atoms with van der Waals surface area (Å²) in [4.78, 5) is 0. The number of ether oxygens (including phenoxy) is 2. The molecule has 0 spiro atoms. The molecule has 0 atom stereocenters. The number of nitrogens with one attached hydrogen (secondary N) is 1. The monoisotopic (exact) mass is 506 g/mol. The zero-order valence-electron chi connectivity index (χ0n) is 14.7. The molecule has 0 fully saturated rings. The molecule has 0 aliphatic carbocycles. The largest absolute Gasteiger partial charge is 0.490 e. The standard InChI is InChI=1S/C19H21Cl2IN2O2/c1-3-8-26-19-17(22)9-13(10-18(19)25-4-2)11-23-24-12-14-15(20)6-5-7-16(14)21/h5-7,9-11,24H,3-4,8,12H2,1-2H3/b23-11+. The summed E-state index contributed by atoms with van der Waals surface area (Å²) in [5.41, 5.74) is 4.71. The topological polar surface area (TPSA) is 42.8 Å². The normalized spacial score (nSPS) is 11.0. The zero-order valence-corrected chi connectivity index (χ0v) is 18.4. The molecule has 0 amide bonds. The second kappa shape index (κ2) is 10.8. The zero-order chi connectivity index (χ0) is 18.9. The first-order valence-corrected chi connectivity index (χ1v) is 10.2. The first-order valence-electron chi connectivity index (χ1n) is 8.34. The Morgan fingerprint density at radius 1 is 1.15 bits per heavy atom. The molecule has 0 radical (unpaired) electrons. The predicted octanol–water partition coefficient (Wildman–Crippen LogP) is 5.91. The molecule has 4 nitrogen and oxygen atoms in total. The highest BCUT2D eigenvalue weighted by molar-refractivity contribution is 14.1. The second-order valence-electron chi connectivity index (χ2n) is 5.40. The Hall–Kier alpha value is -1.18. The molecule has 0 saturated carbocycles. The number of hydrogen-bond donors (Lipinski definition) is 1. The molecule has 1 N–H and O–H groups in total. The molecule has 2 aromatic rings. The van der Waals surface area contributed by atoms with Crippen molar-refractivity contribution >= 4 is 52.0 Å². The van der Waals surface area contributed by atoms with Gasteiger partial charge in [0.15, 0.2) is 11.5 Å². The predicted molar refractivity (Wildman–Crippen MR) is 117 cm³/mol. The van der Waals surface area contributed by atoms with Crippen LogP contribution >= 0.6 is 45.8 Å². The molecule has 7 heteroatoms. The quantitative estimate of drug-likeness (QED) is 0.261. The summed E-state index contributed by atoms with van der Waals surface area (Å²) in [6, 6.07) is 9.35. The van der Waals surface area contributed by atoms with E-state index in [0.29, 0.717) is 29.8 Å². The van der Waals surface area contributed by atoms with Crippen molar-refractivity contribution in [3.8, 4) is 11.5 Å². The number of hydrazone groups is 1. The maximum absolute atomic E-state index is 6.15. The van der Waals surface area contributed by atoms with Gasteiger partial charge >= 0.3 is 0 Å². The van der Waals surface area contributed by atoms with Crippen LogP contribution in [0, 0.1) is 3.57 Å². The Morgan fingerprint density at radius 3 is 2.54 bits per heavy atom. The highest BCUT2D eigenvalue weighted by Crippen LogP contribution is 2.34. The summed E-state index contributed by atoms with van der Waals surface area (Å²) in [7, 11) is 0. The van der Waals surface area contributed by atoms with Crippen LogP contribution < -0.4 is 14.9 Å². The van der Waals surface area contributed by atoms with E-state index in [0.717, 1.165) is 32.6 Å². The fourth-order valence-electron chi connectivity index (χ4n) is 2.22. The van der Waals surface area contributed by atoms with Crippen LogP contribution in [0.3, 0.4) is 0 Å². The van der Waals surface area contributed by atoms with Crippen LogP contribution in [0.25, 0.3) is 0 Å². The van der Waals surface area contributed by atoms with Gasteiger partial charge in [0, 0.05) is 15.6 Å². The van der Waals surface area contributed by atoms with E-state index in [4.69, 9.17) is 32.7 Å². The van der Waals surface area contributed by atoms with Crippen LogP contribution in [0.5, 0.6) is 11.5 Å². The van der Waals surface area contributed by atoms with Gasteiger partial charge in [0.25, 0.3) is 0 Å². The highest BCUT2D eigenvalue weighted by Gasteiger charge is 2.11. The van der Waals surface area contributed by atoms with Gasteiger partial charge in [-0.3, -0.25) is 0 Å². The summed E-state index contributed by atoms with van der Waals surface area (Å²) in [6.45, 7) is 5.70. The fourth-order valence-corrected chi connectivity index (χ4v) is 3.53. The molecular weight excluding hydrogens is 486 g/mol. The molecule has 2 aromatic carbocycles. The van der Waals surface area contributed by atoms with Crippen LogP contribution in [0.1, 0.15) is 31.4 Å². The maximum Gasteiger partial charge on any atom is 0.174 e. The lowest BCUT2D eigenvalue weighted by Crippen LogP contribution is -2.07. The first-order chi connectivity index (χ1) is 12.6. The number of hydrogen-bond acceptors (Lipinski definition) is 4. The molecule has 0 aliphatic heterocycles. The summed E-state index contributed by atoms with van der Waals surface area (Å²) in [5, 5.41) is 5.49. The minimum absolute atomic E-state index is 0.447. The van der Waals surface area contributed by atoms with Crippen molar-refractivity contribution in [2.24, 2.45) is 5.10 Å². The van der Waals surface area contributed by atoms with E-state index in [1.807, 2.05) is 25.1 Å². The van der Waals surface area contributed by atoms with Gasteiger partial charge < -0.3 is 14.9 Å². The summed E-state index contributed by atoms with van der Waals surface area (Å²) in [6.07, 6.45) is 2.68. The molecule has 140 valence electrons. The lowest BCUT2D eigenvalue weighted by molar-refractivity contribution is 0.275. The van der Waals surface area contributed by atoms with Crippen molar-refractivity contribution in [3.63, 3.8) is 0 Å². The third kappa shape index (κ3) is 5.93. The molecule has 2 rings (SSSR count). The van der Waals surface area contributed by atoms with E-state index in [1.165, 1.54) is 0 Å². The van der Waals surface area contributed by atoms with Gasteiger partial charge in [0.2, 0.25) is 0 Å². The lowest BCUT2D eigenvalue weighted by atomic mass is 10.2. The van der Waals surface area contributed by atoms with Gasteiger partial charge in [0.1, 0.15) is 0 Å². The Balaban J connectivity index is 2.09. The minimum Gasteiger partial charge on any atom is -0.490 e. The highest BCUT2D eigenvalue weighted by atomic mass is 127. The van der Waals surface area contributed by atoms with E-state index in [2.05, 4.69) is 40.0 Å². The van der Waals surface area contributed by atoms with Gasteiger partial charge in [-0.2, -0.15) is 5.10 Å². The number of halogens is 3. The van der Waals surface area contributed by atoms with Crippen molar-refractivity contribution in [1.82, 2.24) is 5.43 Å². The van der Waals surface area contributed by atoms with Crippen LogP contribution in [0.2, 0.25) is 10.0 Å². The van der Waals surface area contributed by atoms with Crippen molar-refractivity contribution in [2.75, 3.05) is 13.2 Å².